The van der Waals surface area contributed by atoms with Gasteiger partial charge in [-0.1, -0.05) is 162 Å². The van der Waals surface area contributed by atoms with E-state index < -0.39 is 11.4 Å². The van der Waals surface area contributed by atoms with Crippen molar-refractivity contribution in [2.45, 2.75) is 195 Å². The minimum absolute atomic E-state index is 0.479. The molecular formula is C36H70O2. The van der Waals surface area contributed by atoms with Crippen LogP contribution in [0.1, 0.15) is 195 Å². The van der Waals surface area contributed by atoms with Crippen LogP contribution in [0.4, 0.5) is 0 Å². The lowest BCUT2D eigenvalue weighted by atomic mass is 9.74. The molecule has 0 spiro atoms. The molecule has 0 bridgehead atoms. The van der Waals surface area contributed by atoms with Crippen molar-refractivity contribution in [2.75, 3.05) is 0 Å². The highest BCUT2D eigenvalue weighted by Crippen LogP contribution is 2.38. The molecule has 0 rings (SSSR count). The number of rotatable bonds is 29. The summed E-state index contributed by atoms with van der Waals surface area (Å²) in [5.74, 6) is 1.04. The molecule has 0 heterocycles. The fourth-order valence-electron chi connectivity index (χ4n) is 5.79. The molecule has 0 saturated heterocycles. The Balaban J connectivity index is 4.37. The zero-order valence-corrected chi connectivity index (χ0v) is 26.8. The molecule has 0 aliphatic rings. The molecule has 0 unspecified atom stereocenters. The lowest BCUT2D eigenvalue weighted by Crippen LogP contribution is -2.31. The van der Waals surface area contributed by atoms with Gasteiger partial charge in [-0.15, -0.1) is 0 Å². The van der Waals surface area contributed by atoms with E-state index in [1.54, 1.807) is 0 Å². The summed E-state index contributed by atoms with van der Waals surface area (Å²) in [6.45, 7) is 11.5. The fraction of sp³-hybridized carbons (Fsp3) is 0.917. The average Bonchev–Trinajstić information content (AvgIpc) is 2.87. The maximum atomic E-state index is 12.6. The molecule has 0 aromatic carbocycles. The van der Waals surface area contributed by atoms with E-state index in [-0.39, 0.29) is 0 Å². The first kappa shape index (κ1) is 37.2. The zero-order chi connectivity index (χ0) is 28.3. The van der Waals surface area contributed by atoms with E-state index in [4.69, 9.17) is 0 Å². The molecule has 1 N–H and O–H groups in total. The molecule has 0 aromatic heterocycles. The van der Waals surface area contributed by atoms with Gasteiger partial charge in [-0.2, -0.15) is 0 Å². The quantitative estimate of drug-likeness (QED) is 0.0765. The van der Waals surface area contributed by atoms with Gasteiger partial charge in [-0.3, -0.25) is 4.79 Å². The number of hydrogen-bond donors (Lipinski definition) is 1. The third-order valence-electron chi connectivity index (χ3n) is 8.49. The second-order valence-corrected chi connectivity index (χ2v) is 13.3. The first-order valence-electron chi connectivity index (χ1n) is 17.2. The van der Waals surface area contributed by atoms with Crippen LogP contribution >= 0.6 is 0 Å². The number of aliphatic carboxylic acids is 1. The van der Waals surface area contributed by atoms with E-state index in [0.717, 1.165) is 50.4 Å². The topological polar surface area (TPSA) is 37.3 Å². The van der Waals surface area contributed by atoms with Gasteiger partial charge in [0.15, 0.2) is 0 Å². The lowest BCUT2D eigenvalue weighted by Gasteiger charge is -2.30. The molecule has 0 aromatic rings. The van der Waals surface area contributed by atoms with Crippen LogP contribution in [-0.2, 0) is 4.79 Å². The molecule has 0 radical (unpaired) electrons. The third kappa shape index (κ3) is 23.1. The summed E-state index contributed by atoms with van der Waals surface area (Å²) in [4.78, 5) is 12.6. The Bertz CT molecular complexity index is 513. The minimum Gasteiger partial charge on any atom is -0.481 e. The normalized spacial score (nSPS) is 12.4. The average molecular weight is 535 g/mol. The van der Waals surface area contributed by atoms with Crippen molar-refractivity contribution in [3.8, 4) is 0 Å². The Morgan fingerprint density at radius 2 is 0.895 bits per heavy atom. The van der Waals surface area contributed by atoms with Crippen LogP contribution in [0.2, 0.25) is 0 Å². The molecule has 38 heavy (non-hydrogen) atoms. The van der Waals surface area contributed by atoms with Gasteiger partial charge >= 0.3 is 5.97 Å². The smallest absolute Gasteiger partial charge is 0.309 e. The number of allylic oxidation sites excluding steroid dienone is 2. The first-order valence-corrected chi connectivity index (χ1v) is 17.2. The van der Waals surface area contributed by atoms with Gasteiger partial charge in [0.1, 0.15) is 0 Å². The van der Waals surface area contributed by atoms with Crippen LogP contribution in [0.15, 0.2) is 12.2 Å². The van der Waals surface area contributed by atoms with Crippen molar-refractivity contribution >= 4 is 5.97 Å². The van der Waals surface area contributed by atoms with Gasteiger partial charge in [-0.05, 0) is 56.8 Å². The highest BCUT2D eigenvalue weighted by molar-refractivity contribution is 5.74. The van der Waals surface area contributed by atoms with Crippen LogP contribution in [-0.4, -0.2) is 11.1 Å². The van der Waals surface area contributed by atoms with Gasteiger partial charge in [0.05, 0.1) is 5.41 Å². The van der Waals surface area contributed by atoms with E-state index in [1.165, 1.54) is 122 Å². The molecule has 0 amide bonds. The van der Waals surface area contributed by atoms with Crippen molar-refractivity contribution in [1.29, 1.82) is 0 Å². The molecule has 0 atom stereocenters. The van der Waals surface area contributed by atoms with Gasteiger partial charge < -0.3 is 5.11 Å². The van der Waals surface area contributed by atoms with Crippen molar-refractivity contribution in [3.05, 3.63) is 12.2 Å². The van der Waals surface area contributed by atoms with Crippen LogP contribution < -0.4 is 0 Å². The van der Waals surface area contributed by atoms with Crippen LogP contribution in [0, 0.1) is 17.3 Å². The van der Waals surface area contributed by atoms with E-state index >= 15 is 0 Å². The molecule has 0 aliphatic heterocycles. The summed E-state index contributed by atoms with van der Waals surface area (Å²) >= 11 is 0. The van der Waals surface area contributed by atoms with Gasteiger partial charge in [0.2, 0.25) is 0 Å². The fourth-order valence-corrected chi connectivity index (χ4v) is 5.79. The third-order valence-corrected chi connectivity index (χ3v) is 8.49. The Morgan fingerprint density at radius 1 is 0.553 bits per heavy atom. The summed E-state index contributed by atoms with van der Waals surface area (Å²) in [7, 11) is 0. The van der Waals surface area contributed by atoms with Crippen molar-refractivity contribution < 1.29 is 9.90 Å². The molecule has 0 fully saturated rings. The van der Waals surface area contributed by atoms with Crippen LogP contribution in [0.25, 0.3) is 0 Å². The number of carbonyl (C=O) groups is 1. The minimum atomic E-state index is -0.514. The van der Waals surface area contributed by atoms with Gasteiger partial charge in [0.25, 0.3) is 0 Å². The number of carboxylic acids is 1. The monoisotopic (exact) mass is 535 g/mol. The maximum Gasteiger partial charge on any atom is 0.309 e. The van der Waals surface area contributed by atoms with E-state index in [2.05, 4.69) is 46.8 Å². The van der Waals surface area contributed by atoms with Crippen molar-refractivity contribution in [1.82, 2.24) is 0 Å². The molecule has 0 aliphatic carbocycles. The predicted molar refractivity (Wildman–Crippen MR) is 170 cm³/mol. The van der Waals surface area contributed by atoms with Crippen molar-refractivity contribution in [3.63, 3.8) is 0 Å². The number of hydrogen-bond acceptors (Lipinski definition) is 1. The van der Waals surface area contributed by atoms with E-state index in [1.807, 2.05) is 0 Å². The highest BCUT2D eigenvalue weighted by Gasteiger charge is 2.36. The lowest BCUT2D eigenvalue weighted by molar-refractivity contribution is -0.150. The van der Waals surface area contributed by atoms with Gasteiger partial charge in [-0.25, -0.2) is 0 Å². The van der Waals surface area contributed by atoms with E-state index in [9.17, 15) is 9.90 Å². The summed E-state index contributed by atoms with van der Waals surface area (Å²) in [5.41, 5.74) is -0.479. The van der Waals surface area contributed by atoms with Gasteiger partial charge in [0, 0.05) is 0 Å². The summed E-state index contributed by atoms with van der Waals surface area (Å²) in [6.07, 6.45) is 35.1. The zero-order valence-electron chi connectivity index (χ0n) is 26.8. The maximum absolute atomic E-state index is 12.6. The molecule has 2 heteroatoms. The first-order chi connectivity index (χ1) is 18.3. The van der Waals surface area contributed by atoms with Crippen molar-refractivity contribution in [2.24, 2.45) is 17.3 Å². The number of carboxylic acid groups (broad SMARTS) is 1. The largest absolute Gasteiger partial charge is 0.481 e. The Labute approximate surface area is 240 Å². The summed E-state index contributed by atoms with van der Waals surface area (Å²) < 4.78 is 0. The standard InChI is InChI=1S/C36H70O2/c1-6-7-8-9-10-11-12-13-14-15-16-17-20-25-30-36(35(37)38,31-26-21-18-23-28-33(2)3)32-27-22-19-24-29-34(4)5/h13-14,33-34H,6-12,15-32H2,1-5H3,(H,37,38). The molecular weight excluding hydrogens is 464 g/mol. The van der Waals surface area contributed by atoms with Crippen LogP contribution in [0.5, 0.6) is 0 Å². The van der Waals surface area contributed by atoms with Crippen LogP contribution in [0.3, 0.4) is 0 Å². The molecule has 2 nitrogen and oxygen atoms in total. The van der Waals surface area contributed by atoms with E-state index in [0.29, 0.717) is 0 Å². The summed E-state index contributed by atoms with van der Waals surface area (Å²) in [5, 5.41) is 10.4. The second-order valence-electron chi connectivity index (χ2n) is 13.3. The Kier molecular flexibility index (Phi) is 25.9. The molecule has 226 valence electrons. The Hall–Kier alpha value is -0.790. The summed E-state index contributed by atoms with van der Waals surface area (Å²) in [6, 6.07) is 0. The molecule has 0 saturated carbocycles. The SMILES string of the molecule is CCCCCCCCC=CCCCCCCC(CCCCCCC(C)C)(CCCCCCC(C)C)C(=O)O. The second kappa shape index (κ2) is 26.4. The highest BCUT2D eigenvalue weighted by atomic mass is 16.4. The Morgan fingerprint density at radius 3 is 1.26 bits per heavy atom. The predicted octanol–water partition coefficient (Wildman–Crippen LogP) is 12.7. The number of unbranched alkanes of at least 4 members (excludes halogenated alkanes) is 16.